The zero-order chi connectivity index (χ0) is 18.0. The number of benzene rings is 1. The molecular formula is C16H20N4O4S. The van der Waals surface area contributed by atoms with Gasteiger partial charge in [0.25, 0.3) is 0 Å². The number of amides is 1. The summed E-state index contributed by atoms with van der Waals surface area (Å²) < 4.78 is 32.6. The number of likely N-dealkylation sites (N-methyl/N-ethyl adjacent to an activating group) is 1. The fourth-order valence-electron chi connectivity index (χ4n) is 2.38. The molecule has 1 saturated carbocycles. The number of rotatable bonds is 7. The van der Waals surface area contributed by atoms with E-state index in [1.807, 2.05) is 0 Å². The number of sulfonamides is 1. The zero-order valence-electron chi connectivity index (χ0n) is 14.1. The normalized spacial score (nSPS) is 14.5. The van der Waals surface area contributed by atoms with E-state index in [0.717, 1.165) is 12.8 Å². The molecule has 1 aromatic carbocycles. The summed E-state index contributed by atoms with van der Waals surface area (Å²) in [7, 11) is -3.83. The third-order valence-electron chi connectivity index (χ3n) is 3.90. The average Bonchev–Trinajstić information content (AvgIpc) is 3.31. The Labute approximate surface area is 146 Å². The van der Waals surface area contributed by atoms with E-state index in [1.165, 1.54) is 6.07 Å². The van der Waals surface area contributed by atoms with Crippen LogP contribution in [-0.2, 0) is 14.8 Å². The van der Waals surface area contributed by atoms with E-state index >= 15 is 0 Å². The first kappa shape index (κ1) is 17.6. The summed E-state index contributed by atoms with van der Waals surface area (Å²) in [6, 6.07) is 4.93. The molecule has 1 heterocycles. The Balaban J connectivity index is 1.83. The molecule has 0 aliphatic heterocycles. The molecule has 1 aliphatic rings. The van der Waals surface area contributed by atoms with Crippen LogP contribution in [-0.4, -0.2) is 37.6 Å². The van der Waals surface area contributed by atoms with Crippen LogP contribution in [0.5, 0.6) is 0 Å². The van der Waals surface area contributed by atoms with Gasteiger partial charge in [-0.25, -0.2) is 13.1 Å². The van der Waals surface area contributed by atoms with Gasteiger partial charge in [-0.2, -0.15) is 4.98 Å². The van der Waals surface area contributed by atoms with Crippen molar-refractivity contribution in [3.63, 3.8) is 0 Å². The molecule has 0 radical (unpaired) electrons. The van der Waals surface area contributed by atoms with E-state index in [1.54, 1.807) is 26.0 Å². The van der Waals surface area contributed by atoms with Crippen LogP contribution in [0.1, 0.15) is 37.1 Å². The van der Waals surface area contributed by atoms with E-state index in [2.05, 4.69) is 20.2 Å². The van der Waals surface area contributed by atoms with Gasteiger partial charge in [0.2, 0.25) is 27.6 Å². The largest absolute Gasteiger partial charge is 0.355 e. The van der Waals surface area contributed by atoms with Crippen molar-refractivity contribution in [2.45, 2.75) is 37.5 Å². The predicted octanol–water partition coefficient (Wildman–Crippen LogP) is 1.34. The molecule has 1 amide bonds. The molecule has 0 spiro atoms. The third kappa shape index (κ3) is 4.05. The van der Waals surface area contributed by atoms with Crippen LogP contribution < -0.4 is 10.0 Å². The number of carbonyl (C=O) groups excluding carboxylic acids is 1. The summed E-state index contributed by atoms with van der Waals surface area (Å²) in [5.74, 6) is 0.900. The molecule has 1 aromatic heterocycles. The molecule has 0 atom stereocenters. The second-order valence-electron chi connectivity index (χ2n) is 5.99. The van der Waals surface area contributed by atoms with Gasteiger partial charge in [-0.05, 0) is 38.3 Å². The molecule has 3 rings (SSSR count). The maximum atomic E-state index is 12.5. The van der Waals surface area contributed by atoms with Crippen molar-refractivity contribution in [3.05, 3.63) is 29.7 Å². The van der Waals surface area contributed by atoms with Crippen molar-refractivity contribution in [3.8, 4) is 11.4 Å². The van der Waals surface area contributed by atoms with E-state index in [9.17, 15) is 13.2 Å². The molecule has 2 aromatic rings. The minimum atomic E-state index is -3.83. The first-order chi connectivity index (χ1) is 11.9. The second-order valence-corrected chi connectivity index (χ2v) is 7.72. The van der Waals surface area contributed by atoms with Gasteiger partial charge >= 0.3 is 0 Å². The maximum Gasteiger partial charge on any atom is 0.241 e. The number of nitrogens with one attached hydrogen (secondary N) is 2. The molecule has 9 heteroatoms. The molecule has 1 fully saturated rings. The molecule has 134 valence electrons. The molecule has 8 nitrogen and oxygen atoms in total. The van der Waals surface area contributed by atoms with E-state index in [0.29, 0.717) is 35.3 Å². The number of carbonyl (C=O) groups is 1. The van der Waals surface area contributed by atoms with Gasteiger partial charge in [-0.15, -0.1) is 0 Å². The van der Waals surface area contributed by atoms with Crippen LogP contribution in [0.15, 0.2) is 27.6 Å². The molecule has 1 aliphatic carbocycles. The number of aryl methyl sites for hydroxylation is 1. The summed E-state index contributed by atoms with van der Waals surface area (Å²) in [5, 5.41) is 6.48. The van der Waals surface area contributed by atoms with Crippen molar-refractivity contribution < 1.29 is 17.7 Å². The first-order valence-electron chi connectivity index (χ1n) is 8.11. The first-order valence-corrected chi connectivity index (χ1v) is 9.60. The standard InChI is InChI=1S/C16H20N4O4S/c1-3-17-14(21)9-18-25(22,23)13-8-12(5-4-10(13)2)15-19-16(24-20-15)11-6-7-11/h4-5,8,11,18H,3,6-7,9H2,1-2H3,(H,17,21). The van der Waals surface area contributed by atoms with Crippen LogP contribution in [0.2, 0.25) is 0 Å². The lowest BCUT2D eigenvalue weighted by molar-refractivity contribution is -0.119. The number of hydrogen-bond donors (Lipinski definition) is 2. The molecule has 25 heavy (non-hydrogen) atoms. The van der Waals surface area contributed by atoms with Gasteiger partial charge in [-0.3, -0.25) is 4.79 Å². The van der Waals surface area contributed by atoms with Gasteiger partial charge in [0.15, 0.2) is 0 Å². The Morgan fingerprint density at radius 3 is 2.80 bits per heavy atom. The molecule has 2 N–H and O–H groups in total. The topological polar surface area (TPSA) is 114 Å². The van der Waals surface area contributed by atoms with Gasteiger partial charge in [0, 0.05) is 18.0 Å². The molecule has 0 saturated heterocycles. The minimum absolute atomic E-state index is 0.0899. The SMILES string of the molecule is CCNC(=O)CNS(=O)(=O)c1cc(-c2noc(C3CC3)n2)ccc1C. The number of hydrogen-bond acceptors (Lipinski definition) is 6. The number of nitrogens with zero attached hydrogens (tertiary/aromatic N) is 2. The lowest BCUT2D eigenvalue weighted by Crippen LogP contribution is -2.36. The predicted molar refractivity (Wildman–Crippen MR) is 90.3 cm³/mol. The van der Waals surface area contributed by atoms with Gasteiger partial charge < -0.3 is 9.84 Å². The Bertz CT molecular complexity index is 887. The van der Waals surface area contributed by atoms with Crippen LogP contribution in [0.3, 0.4) is 0 Å². The highest BCUT2D eigenvalue weighted by Gasteiger charge is 2.30. The van der Waals surface area contributed by atoms with E-state index < -0.39 is 10.0 Å². The fourth-order valence-corrected chi connectivity index (χ4v) is 3.63. The summed E-state index contributed by atoms with van der Waals surface area (Å²) in [4.78, 5) is 15.9. The van der Waals surface area contributed by atoms with Crippen molar-refractivity contribution >= 4 is 15.9 Å². The zero-order valence-corrected chi connectivity index (χ0v) is 14.9. The highest BCUT2D eigenvalue weighted by Crippen LogP contribution is 2.39. The molecule has 0 bridgehead atoms. The Morgan fingerprint density at radius 1 is 1.36 bits per heavy atom. The Morgan fingerprint density at radius 2 is 2.12 bits per heavy atom. The monoisotopic (exact) mass is 364 g/mol. The van der Waals surface area contributed by atoms with Gasteiger partial charge in [0.05, 0.1) is 11.4 Å². The van der Waals surface area contributed by atoms with Crippen molar-refractivity contribution in [1.29, 1.82) is 0 Å². The lowest BCUT2D eigenvalue weighted by Gasteiger charge is -2.10. The summed E-state index contributed by atoms with van der Waals surface area (Å²) in [6.07, 6.45) is 2.08. The third-order valence-corrected chi connectivity index (χ3v) is 5.44. The van der Waals surface area contributed by atoms with Gasteiger partial charge in [-0.1, -0.05) is 17.3 Å². The lowest BCUT2D eigenvalue weighted by atomic mass is 10.1. The van der Waals surface area contributed by atoms with Crippen LogP contribution in [0, 0.1) is 6.92 Å². The van der Waals surface area contributed by atoms with Crippen molar-refractivity contribution in [1.82, 2.24) is 20.2 Å². The van der Waals surface area contributed by atoms with Crippen LogP contribution in [0.4, 0.5) is 0 Å². The molecule has 0 unspecified atom stereocenters. The summed E-state index contributed by atoms with van der Waals surface area (Å²) in [6.45, 7) is 3.58. The summed E-state index contributed by atoms with van der Waals surface area (Å²) >= 11 is 0. The van der Waals surface area contributed by atoms with Crippen molar-refractivity contribution in [2.24, 2.45) is 0 Å². The van der Waals surface area contributed by atoms with Gasteiger partial charge in [0.1, 0.15) is 0 Å². The second kappa shape index (κ2) is 6.93. The maximum absolute atomic E-state index is 12.5. The van der Waals surface area contributed by atoms with Crippen molar-refractivity contribution in [2.75, 3.05) is 13.1 Å². The average molecular weight is 364 g/mol. The Kier molecular flexibility index (Phi) is 4.87. The quantitative estimate of drug-likeness (QED) is 0.766. The number of aromatic nitrogens is 2. The molecular weight excluding hydrogens is 344 g/mol. The highest BCUT2D eigenvalue weighted by molar-refractivity contribution is 7.89. The van der Waals surface area contributed by atoms with E-state index in [4.69, 9.17) is 4.52 Å². The minimum Gasteiger partial charge on any atom is -0.355 e. The summed E-state index contributed by atoms with van der Waals surface area (Å²) in [5.41, 5.74) is 1.12. The fraction of sp³-hybridized carbons (Fsp3) is 0.438. The van der Waals surface area contributed by atoms with Crippen LogP contribution in [0.25, 0.3) is 11.4 Å². The Hall–Kier alpha value is -2.26. The smallest absolute Gasteiger partial charge is 0.241 e. The highest BCUT2D eigenvalue weighted by atomic mass is 32.2. The van der Waals surface area contributed by atoms with Crippen LogP contribution >= 0.6 is 0 Å². The van der Waals surface area contributed by atoms with E-state index in [-0.39, 0.29) is 17.3 Å².